The van der Waals surface area contributed by atoms with Gasteiger partial charge in [-0.1, -0.05) is 47.7 Å². The maximum atomic E-state index is 14.0. The first-order valence-corrected chi connectivity index (χ1v) is 14.0. The van der Waals surface area contributed by atoms with Crippen molar-refractivity contribution in [1.29, 1.82) is 0 Å². The number of allylic oxidation sites excluding steroid dienone is 1. The summed E-state index contributed by atoms with van der Waals surface area (Å²) in [5.41, 5.74) is 1.67. The van der Waals surface area contributed by atoms with Crippen LogP contribution < -0.4 is 29.1 Å². The summed E-state index contributed by atoms with van der Waals surface area (Å²) in [5, 5.41) is 0. The maximum Gasteiger partial charge on any atom is 0.338 e. The van der Waals surface area contributed by atoms with E-state index in [4.69, 9.17) is 18.9 Å². The molecule has 42 heavy (non-hydrogen) atoms. The molecule has 0 N–H and O–H groups in total. The number of methoxy groups -OCH3 is 1. The molecule has 1 aliphatic heterocycles. The van der Waals surface area contributed by atoms with Crippen LogP contribution in [0.25, 0.3) is 6.08 Å². The number of rotatable bonds is 8. The van der Waals surface area contributed by atoms with Crippen LogP contribution in [0.3, 0.4) is 0 Å². The molecule has 0 bridgehead atoms. The number of ether oxygens (including phenoxy) is 4. The fourth-order valence-electron chi connectivity index (χ4n) is 4.64. The lowest BCUT2D eigenvalue weighted by molar-refractivity contribution is -0.139. The van der Waals surface area contributed by atoms with Crippen molar-refractivity contribution in [2.75, 3.05) is 13.7 Å². The molecule has 0 aliphatic carbocycles. The van der Waals surface area contributed by atoms with Gasteiger partial charge in [-0.25, -0.2) is 9.79 Å². The highest BCUT2D eigenvalue weighted by Gasteiger charge is 2.34. The van der Waals surface area contributed by atoms with Gasteiger partial charge in [0.25, 0.3) is 5.56 Å². The molecule has 1 aromatic heterocycles. The van der Waals surface area contributed by atoms with E-state index in [2.05, 4.69) is 4.99 Å². The van der Waals surface area contributed by atoms with Crippen LogP contribution in [0.15, 0.2) is 93.9 Å². The first-order valence-electron chi connectivity index (χ1n) is 13.2. The summed E-state index contributed by atoms with van der Waals surface area (Å²) in [5.74, 6) is 0.740. The highest BCUT2D eigenvalue weighted by molar-refractivity contribution is 7.07. The number of carbonyl (C=O) groups is 2. The Kier molecular flexibility index (Phi) is 8.35. The molecule has 0 saturated carbocycles. The molecule has 0 amide bonds. The minimum Gasteiger partial charge on any atom is -0.493 e. The number of carbonyl (C=O) groups excluding carboxylic acids is 2. The molecule has 0 saturated heterocycles. The SMILES string of the molecule is CCOC(=O)C1=C(C)N=c2sc(=Cc3cccc(Oc4ccccc4)c3)c(=O)n2C1c1ccc(OC(C)=O)c(OC)c1. The van der Waals surface area contributed by atoms with Gasteiger partial charge in [-0.2, -0.15) is 0 Å². The highest BCUT2D eigenvalue weighted by Crippen LogP contribution is 2.36. The van der Waals surface area contributed by atoms with Crippen LogP contribution >= 0.6 is 11.3 Å². The van der Waals surface area contributed by atoms with Crippen molar-refractivity contribution < 1.29 is 28.5 Å². The second-order valence-corrected chi connectivity index (χ2v) is 10.3. The molecule has 1 atom stereocenters. The van der Waals surface area contributed by atoms with Gasteiger partial charge in [-0.3, -0.25) is 14.2 Å². The lowest BCUT2D eigenvalue weighted by Crippen LogP contribution is -2.40. The van der Waals surface area contributed by atoms with E-state index < -0.39 is 18.0 Å². The molecule has 5 rings (SSSR count). The van der Waals surface area contributed by atoms with Crippen molar-refractivity contribution in [3.63, 3.8) is 0 Å². The number of fused-ring (bicyclic) bond motifs is 1. The number of esters is 2. The van der Waals surface area contributed by atoms with Crippen molar-refractivity contribution in [3.05, 3.63) is 115 Å². The topological polar surface area (TPSA) is 105 Å². The zero-order chi connectivity index (χ0) is 29.8. The summed E-state index contributed by atoms with van der Waals surface area (Å²) in [6, 6.07) is 20.9. The molecule has 1 unspecified atom stereocenters. The van der Waals surface area contributed by atoms with Gasteiger partial charge in [0.05, 0.1) is 35.6 Å². The van der Waals surface area contributed by atoms with Gasteiger partial charge in [-0.15, -0.1) is 0 Å². The molecule has 3 aromatic carbocycles. The lowest BCUT2D eigenvalue weighted by atomic mass is 9.95. The zero-order valence-electron chi connectivity index (χ0n) is 23.5. The predicted molar refractivity (Wildman–Crippen MR) is 158 cm³/mol. The zero-order valence-corrected chi connectivity index (χ0v) is 24.3. The normalized spacial score (nSPS) is 14.6. The van der Waals surface area contributed by atoms with E-state index in [0.717, 1.165) is 5.56 Å². The van der Waals surface area contributed by atoms with Gasteiger partial charge < -0.3 is 18.9 Å². The number of hydrogen-bond acceptors (Lipinski definition) is 9. The molecule has 9 nitrogen and oxygen atoms in total. The Morgan fingerprint density at radius 3 is 2.48 bits per heavy atom. The van der Waals surface area contributed by atoms with Crippen molar-refractivity contribution in [1.82, 2.24) is 4.57 Å². The number of thiazole rings is 1. The molecule has 0 spiro atoms. The minimum atomic E-state index is -0.851. The predicted octanol–water partition coefficient (Wildman–Crippen LogP) is 4.52. The molecular weight excluding hydrogens is 556 g/mol. The maximum absolute atomic E-state index is 14.0. The van der Waals surface area contributed by atoms with Crippen molar-refractivity contribution in [3.8, 4) is 23.0 Å². The van der Waals surface area contributed by atoms with Gasteiger partial charge in [0, 0.05) is 6.92 Å². The highest BCUT2D eigenvalue weighted by atomic mass is 32.1. The molecule has 1 aliphatic rings. The number of benzene rings is 3. The summed E-state index contributed by atoms with van der Waals surface area (Å²) >= 11 is 1.22. The van der Waals surface area contributed by atoms with Crippen LogP contribution in [0.4, 0.5) is 0 Å². The van der Waals surface area contributed by atoms with Gasteiger partial charge in [-0.05, 0) is 67.4 Å². The van der Waals surface area contributed by atoms with E-state index in [0.29, 0.717) is 32.1 Å². The van der Waals surface area contributed by atoms with Crippen LogP contribution in [0, 0.1) is 0 Å². The van der Waals surface area contributed by atoms with Crippen molar-refractivity contribution in [2.45, 2.75) is 26.8 Å². The van der Waals surface area contributed by atoms with E-state index >= 15 is 0 Å². The van der Waals surface area contributed by atoms with Gasteiger partial charge in [0.2, 0.25) is 0 Å². The number of nitrogens with zero attached hydrogens (tertiary/aromatic N) is 2. The smallest absolute Gasteiger partial charge is 0.338 e. The third kappa shape index (κ3) is 5.89. The summed E-state index contributed by atoms with van der Waals surface area (Å²) in [6.45, 7) is 4.87. The second-order valence-electron chi connectivity index (χ2n) is 9.29. The van der Waals surface area contributed by atoms with Crippen LogP contribution in [0.2, 0.25) is 0 Å². The van der Waals surface area contributed by atoms with Crippen LogP contribution in [0.1, 0.15) is 37.9 Å². The van der Waals surface area contributed by atoms with E-state index in [1.165, 1.54) is 29.9 Å². The number of para-hydroxylation sites is 1. The molecule has 2 heterocycles. The molecule has 4 aromatic rings. The van der Waals surface area contributed by atoms with Crippen molar-refractivity contribution in [2.24, 2.45) is 4.99 Å². The Balaban J connectivity index is 1.63. The standard InChI is InChI=1S/C32H28N2O7S/c1-5-39-31(37)28-19(2)33-32-34(29(28)22-14-15-25(40-20(3)35)26(18-22)38-4)30(36)27(42-32)17-21-10-9-13-24(16-21)41-23-11-7-6-8-12-23/h6-18,29H,5H2,1-4H3. The van der Waals surface area contributed by atoms with E-state index in [1.807, 2.05) is 54.6 Å². The lowest BCUT2D eigenvalue weighted by Gasteiger charge is -2.25. The molecule has 0 fully saturated rings. The Hall–Kier alpha value is -4.96. The molecule has 214 valence electrons. The molecule has 10 heteroatoms. The molecular formula is C32H28N2O7S. The molecule has 0 radical (unpaired) electrons. The second kappa shape index (κ2) is 12.3. The fourth-order valence-corrected chi connectivity index (χ4v) is 5.69. The third-order valence-electron chi connectivity index (χ3n) is 6.41. The quantitative estimate of drug-likeness (QED) is 0.221. The third-order valence-corrected chi connectivity index (χ3v) is 7.39. The average Bonchev–Trinajstić information content (AvgIpc) is 3.27. The summed E-state index contributed by atoms with van der Waals surface area (Å²) in [7, 11) is 1.44. The van der Waals surface area contributed by atoms with E-state index in [1.54, 1.807) is 38.1 Å². The summed E-state index contributed by atoms with van der Waals surface area (Å²) in [6.07, 6.45) is 1.77. The first kappa shape index (κ1) is 28.6. The Morgan fingerprint density at radius 1 is 1.00 bits per heavy atom. The van der Waals surface area contributed by atoms with Crippen molar-refractivity contribution >= 4 is 29.4 Å². The minimum absolute atomic E-state index is 0.156. The fraction of sp³-hybridized carbons (Fsp3) is 0.188. The first-order chi connectivity index (χ1) is 20.3. The van der Waals surface area contributed by atoms with Crippen LogP contribution in [-0.4, -0.2) is 30.2 Å². The van der Waals surface area contributed by atoms with Crippen LogP contribution in [-0.2, 0) is 14.3 Å². The van der Waals surface area contributed by atoms with Gasteiger partial charge in [0.1, 0.15) is 11.5 Å². The number of hydrogen-bond donors (Lipinski definition) is 0. The van der Waals surface area contributed by atoms with Crippen LogP contribution in [0.5, 0.6) is 23.0 Å². The Bertz CT molecular complexity index is 1870. The summed E-state index contributed by atoms with van der Waals surface area (Å²) < 4.78 is 24.0. The summed E-state index contributed by atoms with van der Waals surface area (Å²) in [4.78, 5) is 43.8. The van der Waals surface area contributed by atoms with Gasteiger partial charge in [0.15, 0.2) is 16.3 Å². The number of aromatic nitrogens is 1. The van der Waals surface area contributed by atoms with Gasteiger partial charge >= 0.3 is 11.9 Å². The Labute approximate surface area is 245 Å². The van der Waals surface area contributed by atoms with E-state index in [9.17, 15) is 14.4 Å². The largest absolute Gasteiger partial charge is 0.493 e. The van der Waals surface area contributed by atoms with E-state index in [-0.39, 0.29) is 29.2 Å². The average molecular weight is 585 g/mol. The monoisotopic (exact) mass is 584 g/mol. The Morgan fingerprint density at radius 2 is 1.76 bits per heavy atom.